The summed E-state index contributed by atoms with van der Waals surface area (Å²) in [5.41, 5.74) is 0. The summed E-state index contributed by atoms with van der Waals surface area (Å²) >= 11 is 0. The Labute approximate surface area is 121 Å². The third kappa shape index (κ3) is 5.93. The van der Waals surface area contributed by atoms with E-state index in [4.69, 9.17) is 9.84 Å². The third-order valence-electron chi connectivity index (χ3n) is 4.27. The second kappa shape index (κ2) is 8.28. The molecule has 0 spiro atoms. The molecule has 4 nitrogen and oxygen atoms in total. The number of carbonyl (C=O) groups is 2. The number of aliphatic carboxylic acids is 1. The SMILES string of the molecule is CC(C)[C@@H]1CC[C@@H](C)C[C@H]1OC(=O)CCCCC(=O)O. The first-order chi connectivity index (χ1) is 9.40. The van der Waals surface area contributed by atoms with E-state index in [0.29, 0.717) is 37.0 Å². The molecule has 0 aliphatic heterocycles. The van der Waals surface area contributed by atoms with Gasteiger partial charge in [-0.25, -0.2) is 0 Å². The van der Waals surface area contributed by atoms with E-state index in [2.05, 4.69) is 20.8 Å². The van der Waals surface area contributed by atoms with Crippen molar-refractivity contribution in [3.05, 3.63) is 0 Å². The van der Waals surface area contributed by atoms with Crippen molar-refractivity contribution in [2.24, 2.45) is 17.8 Å². The standard InChI is InChI=1S/C16H28O4/c1-11(2)13-9-8-12(3)10-14(13)20-16(19)7-5-4-6-15(17)18/h11-14H,4-10H2,1-3H3,(H,17,18)/t12-,13+,14-/m1/s1. The molecule has 1 N–H and O–H groups in total. The van der Waals surface area contributed by atoms with Gasteiger partial charge in [-0.2, -0.15) is 0 Å². The molecule has 116 valence electrons. The van der Waals surface area contributed by atoms with Crippen LogP contribution in [0.3, 0.4) is 0 Å². The summed E-state index contributed by atoms with van der Waals surface area (Å²) in [5.74, 6) is 0.649. The highest BCUT2D eigenvalue weighted by Gasteiger charge is 2.33. The number of carboxylic acids is 1. The van der Waals surface area contributed by atoms with Crippen molar-refractivity contribution >= 4 is 11.9 Å². The fraction of sp³-hybridized carbons (Fsp3) is 0.875. The van der Waals surface area contributed by atoms with Crippen molar-refractivity contribution < 1.29 is 19.4 Å². The Balaban J connectivity index is 2.35. The minimum absolute atomic E-state index is 0.0470. The molecule has 0 bridgehead atoms. The monoisotopic (exact) mass is 284 g/mol. The Morgan fingerprint density at radius 2 is 1.85 bits per heavy atom. The van der Waals surface area contributed by atoms with Crippen LogP contribution < -0.4 is 0 Å². The second-order valence-electron chi connectivity index (χ2n) is 6.46. The molecule has 0 aromatic carbocycles. The molecule has 4 heteroatoms. The first kappa shape index (κ1) is 17.0. The average Bonchev–Trinajstić information content (AvgIpc) is 2.34. The van der Waals surface area contributed by atoms with Gasteiger partial charge in [-0.15, -0.1) is 0 Å². The molecule has 0 unspecified atom stereocenters. The number of unbranched alkanes of at least 4 members (excludes halogenated alkanes) is 1. The largest absolute Gasteiger partial charge is 0.481 e. The van der Waals surface area contributed by atoms with Crippen LogP contribution in [0, 0.1) is 17.8 Å². The summed E-state index contributed by atoms with van der Waals surface area (Å²) in [7, 11) is 0. The van der Waals surface area contributed by atoms with Gasteiger partial charge in [-0.05, 0) is 43.4 Å². The Morgan fingerprint density at radius 3 is 2.45 bits per heavy atom. The smallest absolute Gasteiger partial charge is 0.306 e. The zero-order chi connectivity index (χ0) is 15.1. The van der Waals surface area contributed by atoms with Crippen LogP contribution in [0.25, 0.3) is 0 Å². The molecule has 0 saturated heterocycles. The molecule has 20 heavy (non-hydrogen) atoms. The molecule has 3 atom stereocenters. The maximum Gasteiger partial charge on any atom is 0.306 e. The van der Waals surface area contributed by atoms with Crippen LogP contribution in [0.4, 0.5) is 0 Å². The van der Waals surface area contributed by atoms with Crippen LogP contribution in [0.2, 0.25) is 0 Å². The normalized spacial score (nSPS) is 26.5. The first-order valence-electron chi connectivity index (χ1n) is 7.81. The Bertz CT molecular complexity index is 324. The van der Waals surface area contributed by atoms with Gasteiger partial charge in [0.05, 0.1) is 0 Å². The minimum Gasteiger partial charge on any atom is -0.481 e. The maximum absolute atomic E-state index is 11.9. The van der Waals surface area contributed by atoms with Crippen LogP contribution in [0.15, 0.2) is 0 Å². The molecule has 0 amide bonds. The van der Waals surface area contributed by atoms with Crippen LogP contribution in [-0.2, 0) is 14.3 Å². The highest BCUT2D eigenvalue weighted by atomic mass is 16.5. The molecule has 1 aliphatic carbocycles. The molecule has 1 saturated carbocycles. The summed E-state index contributed by atoms with van der Waals surface area (Å²) in [6.45, 7) is 6.59. The van der Waals surface area contributed by atoms with Crippen molar-refractivity contribution in [1.29, 1.82) is 0 Å². The predicted molar refractivity (Wildman–Crippen MR) is 77.3 cm³/mol. The van der Waals surface area contributed by atoms with Crippen LogP contribution >= 0.6 is 0 Å². The lowest BCUT2D eigenvalue weighted by molar-refractivity contribution is -0.156. The van der Waals surface area contributed by atoms with Gasteiger partial charge in [-0.1, -0.05) is 27.2 Å². The lowest BCUT2D eigenvalue weighted by Crippen LogP contribution is -2.35. The quantitative estimate of drug-likeness (QED) is 0.572. The van der Waals surface area contributed by atoms with Gasteiger partial charge >= 0.3 is 11.9 Å². The summed E-state index contributed by atoms with van der Waals surface area (Å²) in [6, 6.07) is 0. The zero-order valence-corrected chi connectivity index (χ0v) is 12.9. The lowest BCUT2D eigenvalue weighted by atomic mass is 9.75. The summed E-state index contributed by atoms with van der Waals surface area (Å²) < 4.78 is 5.66. The number of hydrogen-bond acceptors (Lipinski definition) is 3. The van der Waals surface area contributed by atoms with Crippen molar-refractivity contribution in [2.45, 2.75) is 71.8 Å². The second-order valence-corrected chi connectivity index (χ2v) is 6.46. The van der Waals surface area contributed by atoms with Crippen molar-refractivity contribution in [3.63, 3.8) is 0 Å². The molecule has 1 fully saturated rings. The van der Waals surface area contributed by atoms with Gasteiger partial charge in [0.25, 0.3) is 0 Å². The molecule has 0 aromatic rings. The summed E-state index contributed by atoms with van der Waals surface area (Å²) in [5, 5.41) is 8.55. The van der Waals surface area contributed by atoms with Gasteiger partial charge in [0.1, 0.15) is 6.10 Å². The van der Waals surface area contributed by atoms with E-state index in [1.165, 1.54) is 6.42 Å². The average molecular weight is 284 g/mol. The van der Waals surface area contributed by atoms with Crippen molar-refractivity contribution in [2.75, 3.05) is 0 Å². The topological polar surface area (TPSA) is 63.6 Å². The number of rotatable bonds is 7. The third-order valence-corrected chi connectivity index (χ3v) is 4.27. The highest BCUT2D eigenvalue weighted by Crippen LogP contribution is 2.35. The van der Waals surface area contributed by atoms with Gasteiger partial charge in [-0.3, -0.25) is 9.59 Å². The number of esters is 1. The van der Waals surface area contributed by atoms with Crippen molar-refractivity contribution in [3.8, 4) is 0 Å². The summed E-state index contributed by atoms with van der Waals surface area (Å²) in [6.07, 6.45) is 4.96. The van der Waals surface area contributed by atoms with E-state index in [1.54, 1.807) is 0 Å². The van der Waals surface area contributed by atoms with E-state index in [1.807, 2.05) is 0 Å². The molecule has 1 rings (SSSR count). The molecule has 0 heterocycles. The predicted octanol–water partition coefficient (Wildman–Crippen LogP) is 3.64. The van der Waals surface area contributed by atoms with Gasteiger partial charge in [0.2, 0.25) is 0 Å². The van der Waals surface area contributed by atoms with Crippen LogP contribution in [0.1, 0.15) is 65.7 Å². The van der Waals surface area contributed by atoms with Gasteiger partial charge < -0.3 is 9.84 Å². The molecular weight excluding hydrogens is 256 g/mol. The van der Waals surface area contributed by atoms with E-state index in [-0.39, 0.29) is 18.5 Å². The summed E-state index contributed by atoms with van der Waals surface area (Å²) in [4.78, 5) is 22.3. The molecule has 0 aromatic heterocycles. The number of carbonyl (C=O) groups excluding carboxylic acids is 1. The van der Waals surface area contributed by atoms with E-state index < -0.39 is 5.97 Å². The lowest BCUT2D eigenvalue weighted by Gasteiger charge is -2.36. The highest BCUT2D eigenvalue weighted by molar-refractivity contribution is 5.70. The Morgan fingerprint density at radius 1 is 1.20 bits per heavy atom. The van der Waals surface area contributed by atoms with E-state index in [9.17, 15) is 9.59 Å². The molecular formula is C16H28O4. The van der Waals surface area contributed by atoms with Crippen LogP contribution in [0.5, 0.6) is 0 Å². The Hall–Kier alpha value is -1.06. The molecule has 0 radical (unpaired) electrons. The fourth-order valence-corrected chi connectivity index (χ4v) is 3.02. The number of ether oxygens (including phenoxy) is 1. The minimum atomic E-state index is -0.806. The fourth-order valence-electron chi connectivity index (χ4n) is 3.02. The van der Waals surface area contributed by atoms with E-state index in [0.717, 1.165) is 12.8 Å². The zero-order valence-electron chi connectivity index (χ0n) is 12.9. The Kier molecular flexibility index (Phi) is 7.03. The van der Waals surface area contributed by atoms with Crippen molar-refractivity contribution in [1.82, 2.24) is 0 Å². The van der Waals surface area contributed by atoms with E-state index >= 15 is 0 Å². The van der Waals surface area contributed by atoms with Crippen LogP contribution in [-0.4, -0.2) is 23.1 Å². The number of hydrogen-bond donors (Lipinski definition) is 1. The van der Waals surface area contributed by atoms with Gasteiger partial charge in [0.15, 0.2) is 0 Å². The first-order valence-corrected chi connectivity index (χ1v) is 7.81. The number of carboxylic acid groups (broad SMARTS) is 1. The maximum atomic E-state index is 11.9. The molecule has 1 aliphatic rings. The van der Waals surface area contributed by atoms with Gasteiger partial charge in [0, 0.05) is 12.8 Å².